The summed E-state index contributed by atoms with van der Waals surface area (Å²) in [4.78, 5) is 28.8. The third-order valence-corrected chi connectivity index (χ3v) is 6.47. The Labute approximate surface area is 192 Å². The molecule has 3 aromatic carbocycles. The average molecular weight is 495 g/mol. The van der Waals surface area contributed by atoms with E-state index < -0.39 is 6.04 Å². The van der Waals surface area contributed by atoms with Gasteiger partial charge in [0, 0.05) is 15.2 Å². The Morgan fingerprint density at radius 2 is 1.71 bits per heavy atom. The van der Waals surface area contributed by atoms with Crippen molar-refractivity contribution in [1.82, 2.24) is 0 Å². The van der Waals surface area contributed by atoms with Crippen molar-refractivity contribution in [2.45, 2.75) is 19.9 Å². The third-order valence-electron chi connectivity index (χ3n) is 5.74. The van der Waals surface area contributed by atoms with Gasteiger partial charge >= 0.3 is 0 Å². The lowest BCUT2D eigenvalue weighted by Crippen LogP contribution is -2.29. The quantitative estimate of drug-likeness (QED) is 0.316. The van der Waals surface area contributed by atoms with E-state index in [-0.39, 0.29) is 17.1 Å². The molecule has 1 amide bonds. The summed E-state index contributed by atoms with van der Waals surface area (Å²) in [5.74, 6) is -0.277. The van der Waals surface area contributed by atoms with Crippen LogP contribution in [0.15, 0.2) is 74.3 Å². The van der Waals surface area contributed by atoms with Crippen LogP contribution in [0.2, 0.25) is 5.02 Å². The van der Waals surface area contributed by atoms with E-state index in [1.165, 1.54) is 0 Å². The molecule has 5 rings (SSSR count). The van der Waals surface area contributed by atoms with Crippen LogP contribution in [0.1, 0.15) is 38.9 Å². The summed E-state index contributed by atoms with van der Waals surface area (Å²) in [6.07, 6.45) is 0. The fourth-order valence-electron chi connectivity index (χ4n) is 4.11. The van der Waals surface area contributed by atoms with E-state index in [9.17, 15) is 9.59 Å². The topological polar surface area (TPSA) is 50.5 Å². The van der Waals surface area contributed by atoms with Crippen LogP contribution in [0, 0.1) is 13.8 Å². The molecule has 0 fully saturated rings. The van der Waals surface area contributed by atoms with Gasteiger partial charge in [-0.2, -0.15) is 0 Å². The number of rotatable bonds is 2. The van der Waals surface area contributed by atoms with Crippen LogP contribution in [-0.2, 0) is 0 Å². The van der Waals surface area contributed by atoms with Crippen molar-refractivity contribution in [3.05, 3.63) is 108 Å². The largest absolute Gasteiger partial charge is 0.450 e. The normalized spacial score (nSPS) is 15.5. The molecule has 1 atom stereocenters. The summed E-state index contributed by atoms with van der Waals surface area (Å²) in [5.41, 5.74) is 3.95. The minimum absolute atomic E-state index is 0.0747. The number of carbonyl (C=O) groups excluding carboxylic acids is 1. The molecule has 4 nitrogen and oxygen atoms in total. The van der Waals surface area contributed by atoms with Gasteiger partial charge in [0.15, 0.2) is 5.43 Å². The molecule has 0 N–H and O–H groups in total. The highest BCUT2D eigenvalue weighted by Crippen LogP contribution is 2.42. The molecule has 0 saturated carbocycles. The van der Waals surface area contributed by atoms with Crippen LogP contribution in [0.25, 0.3) is 11.0 Å². The molecule has 1 aliphatic heterocycles. The lowest BCUT2D eigenvalue weighted by molar-refractivity contribution is 0.0971. The fourth-order valence-corrected chi connectivity index (χ4v) is 4.70. The molecule has 0 aliphatic carbocycles. The molecule has 4 aromatic rings. The minimum atomic E-state index is -0.641. The van der Waals surface area contributed by atoms with E-state index in [0.717, 1.165) is 21.2 Å². The number of halogens is 2. The SMILES string of the molecule is Cc1cc2oc3c(c(=O)c2cc1C)C(c1cccc(Cl)c1)N(c1cccc(Br)c1)C3=O. The molecule has 31 heavy (non-hydrogen) atoms. The number of hydrogen-bond donors (Lipinski definition) is 0. The van der Waals surface area contributed by atoms with E-state index in [4.69, 9.17) is 16.0 Å². The van der Waals surface area contributed by atoms with Crippen molar-refractivity contribution in [3.63, 3.8) is 0 Å². The summed E-state index contributed by atoms with van der Waals surface area (Å²) in [5, 5.41) is 1.00. The molecule has 2 heterocycles. The number of carbonyl (C=O) groups is 1. The average Bonchev–Trinajstić information content (AvgIpc) is 3.02. The van der Waals surface area contributed by atoms with E-state index in [1.54, 1.807) is 17.0 Å². The van der Waals surface area contributed by atoms with Crippen LogP contribution in [0.4, 0.5) is 5.69 Å². The Balaban J connectivity index is 1.85. The minimum Gasteiger partial charge on any atom is -0.450 e. The predicted molar refractivity (Wildman–Crippen MR) is 126 cm³/mol. The zero-order chi connectivity index (χ0) is 21.9. The molecule has 0 bridgehead atoms. The molecule has 1 aliphatic rings. The number of nitrogens with zero attached hydrogens (tertiary/aromatic N) is 1. The molecule has 0 saturated heterocycles. The lowest BCUT2D eigenvalue weighted by atomic mass is 9.97. The van der Waals surface area contributed by atoms with Gasteiger partial charge in [0.2, 0.25) is 5.76 Å². The Morgan fingerprint density at radius 3 is 2.45 bits per heavy atom. The van der Waals surface area contributed by atoms with Crippen molar-refractivity contribution in [1.29, 1.82) is 0 Å². The fraction of sp³-hybridized carbons (Fsp3) is 0.120. The molecule has 0 spiro atoms. The summed E-state index contributed by atoms with van der Waals surface area (Å²) in [6.45, 7) is 3.90. The second-order valence-electron chi connectivity index (χ2n) is 7.72. The number of hydrogen-bond acceptors (Lipinski definition) is 3. The maximum Gasteiger partial charge on any atom is 0.295 e. The van der Waals surface area contributed by atoms with Crippen molar-refractivity contribution in [3.8, 4) is 0 Å². The number of fused-ring (bicyclic) bond motifs is 2. The van der Waals surface area contributed by atoms with Gasteiger partial charge in [0.05, 0.1) is 17.0 Å². The Bertz CT molecular complexity index is 1440. The third kappa shape index (κ3) is 3.20. The van der Waals surface area contributed by atoms with Gasteiger partial charge in [-0.25, -0.2) is 0 Å². The molecular weight excluding hydrogens is 478 g/mol. The lowest BCUT2D eigenvalue weighted by Gasteiger charge is -2.25. The van der Waals surface area contributed by atoms with E-state index in [0.29, 0.717) is 27.2 Å². The van der Waals surface area contributed by atoms with Crippen molar-refractivity contribution in [2.24, 2.45) is 0 Å². The molecule has 0 radical (unpaired) electrons. The Kier molecular flexibility index (Phi) is 4.76. The highest BCUT2D eigenvalue weighted by molar-refractivity contribution is 9.10. The second kappa shape index (κ2) is 7.36. The Morgan fingerprint density at radius 1 is 0.968 bits per heavy atom. The van der Waals surface area contributed by atoms with Gasteiger partial charge in [0.1, 0.15) is 5.58 Å². The number of benzene rings is 3. The standard InChI is InChI=1S/C25H17BrClNO3/c1-13-9-19-20(10-14(13)2)31-24-21(23(19)29)22(15-5-3-7-17(27)11-15)28(25(24)30)18-8-4-6-16(26)12-18/h3-12,22H,1-2H3. The van der Waals surface area contributed by atoms with Crippen molar-refractivity contribution < 1.29 is 9.21 Å². The maximum atomic E-state index is 13.7. The highest BCUT2D eigenvalue weighted by atomic mass is 79.9. The molecule has 6 heteroatoms. The summed E-state index contributed by atoms with van der Waals surface area (Å²) in [6, 6.07) is 17.7. The first kappa shape index (κ1) is 20.0. The summed E-state index contributed by atoms with van der Waals surface area (Å²) >= 11 is 9.74. The molecule has 154 valence electrons. The highest BCUT2D eigenvalue weighted by Gasteiger charge is 2.43. The van der Waals surface area contributed by atoms with E-state index in [1.807, 2.05) is 62.4 Å². The van der Waals surface area contributed by atoms with Gasteiger partial charge < -0.3 is 4.42 Å². The summed E-state index contributed by atoms with van der Waals surface area (Å²) < 4.78 is 6.89. The van der Waals surface area contributed by atoms with Crippen LogP contribution in [0.5, 0.6) is 0 Å². The van der Waals surface area contributed by atoms with E-state index >= 15 is 0 Å². The zero-order valence-corrected chi connectivity index (χ0v) is 19.1. The zero-order valence-electron chi connectivity index (χ0n) is 16.8. The maximum absolute atomic E-state index is 13.7. The van der Waals surface area contributed by atoms with Crippen molar-refractivity contribution in [2.75, 3.05) is 4.90 Å². The number of anilines is 1. The molecule has 1 aromatic heterocycles. The first-order valence-corrected chi connectivity index (χ1v) is 10.9. The molecule has 1 unspecified atom stereocenters. The van der Waals surface area contributed by atoms with Crippen LogP contribution < -0.4 is 10.3 Å². The van der Waals surface area contributed by atoms with Gasteiger partial charge in [-0.3, -0.25) is 14.5 Å². The number of aryl methyl sites for hydroxylation is 2. The van der Waals surface area contributed by atoms with E-state index in [2.05, 4.69) is 15.9 Å². The van der Waals surface area contributed by atoms with Gasteiger partial charge in [-0.1, -0.05) is 45.7 Å². The van der Waals surface area contributed by atoms with Crippen LogP contribution >= 0.6 is 27.5 Å². The second-order valence-corrected chi connectivity index (χ2v) is 9.07. The smallest absolute Gasteiger partial charge is 0.295 e. The van der Waals surface area contributed by atoms with Crippen LogP contribution in [-0.4, -0.2) is 5.91 Å². The van der Waals surface area contributed by atoms with Gasteiger partial charge in [-0.05, 0) is 73.0 Å². The number of amides is 1. The predicted octanol–water partition coefficient (Wildman–Crippen LogP) is 6.58. The molecular formula is C25H17BrClNO3. The first-order valence-electron chi connectivity index (χ1n) is 9.77. The Hall–Kier alpha value is -2.89. The van der Waals surface area contributed by atoms with Crippen molar-refractivity contribution >= 4 is 50.1 Å². The summed E-state index contributed by atoms with van der Waals surface area (Å²) in [7, 11) is 0. The van der Waals surface area contributed by atoms with Gasteiger partial charge in [-0.15, -0.1) is 0 Å². The first-order chi connectivity index (χ1) is 14.8. The monoisotopic (exact) mass is 493 g/mol. The van der Waals surface area contributed by atoms with Gasteiger partial charge in [0.25, 0.3) is 5.91 Å². The van der Waals surface area contributed by atoms with Crippen LogP contribution in [0.3, 0.4) is 0 Å².